The van der Waals surface area contributed by atoms with Crippen LogP contribution >= 0.6 is 47.8 Å². The Morgan fingerprint density at radius 1 is 0.556 bits per heavy atom. The van der Waals surface area contributed by atoms with E-state index in [1.54, 1.807) is 61.5 Å². The fourth-order valence-corrected chi connectivity index (χ4v) is 6.66. The lowest BCUT2D eigenvalue weighted by molar-refractivity contribution is -0.194. The van der Waals surface area contributed by atoms with Crippen LogP contribution in [-0.2, 0) is 10.8 Å². The van der Waals surface area contributed by atoms with Crippen LogP contribution in [-0.4, -0.2) is 34.8 Å². The molecule has 0 saturated heterocycles. The second-order valence-electron chi connectivity index (χ2n) is 14.8. The molecular formula is C50H56Br3F6N3O. The van der Waals surface area contributed by atoms with E-state index in [0.717, 1.165) is 33.5 Å². The number of benzene rings is 5. The van der Waals surface area contributed by atoms with E-state index in [4.69, 9.17) is 15.9 Å². The van der Waals surface area contributed by atoms with Gasteiger partial charge in [0.15, 0.2) is 5.42 Å². The van der Waals surface area contributed by atoms with Gasteiger partial charge < -0.3 is 15.9 Å². The molecule has 0 bridgehead atoms. The summed E-state index contributed by atoms with van der Waals surface area (Å²) in [4.78, 5) is 4.46. The zero-order valence-electron chi connectivity index (χ0n) is 36.9. The van der Waals surface area contributed by atoms with Crippen molar-refractivity contribution in [3.63, 3.8) is 0 Å². The highest BCUT2D eigenvalue weighted by Crippen LogP contribution is 2.49. The highest BCUT2D eigenvalue weighted by Gasteiger charge is 2.56. The second kappa shape index (κ2) is 24.7. The minimum absolute atomic E-state index is 0.152. The molecule has 0 saturated carbocycles. The molecule has 1 aliphatic carbocycles. The van der Waals surface area contributed by atoms with E-state index in [1.807, 2.05) is 92.9 Å². The molecule has 0 fully saturated rings. The number of aromatic nitrogens is 1. The molecule has 0 spiro atoms. The van der Waals surface area contributed by atoms with Crippen LogP contribution in [0.4, 0.5) is 37.7 Å². The van der Waals surface area contributed by atoms with Crippen molar-refractivity contribution in [1.29, 1.82) is 0 Å². The zero-order valence-corrected chi connectivity index (χ0v) is 41.7. The van der Waals surface area contributed by atoms with E-state index in [-0.39, 0.29) is 23.1 Å². The van der Waals surface area contributed by atoms with Crippen molar-refractivity contribution in [2.75, 3.05) is 29.0 Å². The van der Waals surface area contributed by atoms with Gasteiger partial charge in [-0.1, -0.05) is 151 Å². The van der Waals surface area contributed by atoms with Gasteiger partial charge >= 0.3 is 12.4 Å². The Bertz CT molecular complexity index is 2420. The number of nitrogens with two attached hydrogens (primary N) is 2. The number of hydrogen-bond donors (Lipinski definition) is 2. The third-order valence-electron chi connectivity index (χ3n) is 11.0. The minimum atomic E-state index is -4.41. The first kappa shape index (κ1) is 54.8. The minimum Gasteiger partial charge on any atom is -0.436 e. The van der Waals surface area contributed by atoms with Crippen LogP contribution in [0.25, 0.3) is 23.6 Å². The van der Waals surface area contributed by atoms with E-state index < -0.39 is 29.1 Å². The first-order chi connectivity index (χ1) is 29.8. The third-order valence-corrected chi connectivity index (χ3v) is 11.0. The predicted octanol–water partition coefficient (Wildman–Crippen LogP) is 14.1. The molecule has 340 valence electrons. The summed E-state index contributed by atoms with van der Waals surface area (Å²) in [6, 6.07) is 34.6. The molecule has 3 atom stereocenters. The van der Waals surface area contributed by atoms with Gasteiger partial charge in [-0.25, -0.2) is 4.98 Å². The van der Waals surface area contributed by atoms with Gasteiger partial charge in [0.2, 0.25) is 5.89 Å². The van der Waals surface area contributed by atoms with E-state index in [9.17, 15) is 26.3 Å². The van der Waals surface area contributed by atoms with E-state index in [0.29, 0.717) is 22.3 Å². The molecule has 3 unspecified atom stereocenters. The maximum absolute atomic E-state index is 14.4. The van der Waals surface area contributed by atoms with Gasteiger partial charge in [0.25, 0.3) is 0 Å². The normalized spacial score (nSPS) is 14.6. The summed E-state index contributed by atoms with van der Waals surface area (Å²) in [5.74, 6) is 5.07. The topological polar surface area (TPSA) is 78.1 Å². The van der Waals surface area contributed by atoms with Crippen molar-refractivity contribution < 1.29 is 30.8 Å². The van der Waals surface area contributed by atoms with Crippen LogP contribution in [0, 0.1) is 33.6 Å². The molecule has 4 nitrogen and oxygen atoms in total. The smallest absolute Gasteiger partial charge is 0.402 e. The fourth-order valence-electron chi connectivity index (χ4n) is 6.66. The third kappa shape index (κ3) is 13.4. The van der Waals surface area contributed by atoms with Gasteiger partial charge in [0.05, 0.1) is 5.41 Å². The van der Waals surface area contributed by atoms with Crippen molar-refractivity contribution in [3.05, 3.63) is 171 Å². The number of rotatable bonds is 5. The van der Waals surface area contributed by atoms with E-state index in [2.05, 4.69) is 52.8 Å². The number of anilines is 2. The number of nitrogen functional groups attached to an aromatic ring is 2. The van der Waals surface area contributed by atoms with Gasteiger partial charge in [0, 0.05) is 22.9 Å². The molecule has 63 heavy (non-hydrogen) atoms. The van der Waals surface area contributed by atoms with Crippen molar-refractivity contribution in [1.82, 2.24) is 4.98 Å². The Morgan fingerprint density at radius 2 is 1.06 bits per heavy atom. The highest BCUT2D eigenvalue weighted by atomic mass is 79.9. The van der Waals surface area contributed by atoms with Crippen LogP contribution in [0.3, 0.4) is 0 Å². The molecule has 13 heteroatoms. The van der Waals surface area contributed by atoms with Crippen LogP contribution in [0.15, 0.2) is 126 Å². The molecule has 0 amide bonds. The lowest BCUT2D eigenvalue weighted by atomic mass is 9.68. The number of hydrogen-bond acceptors (Lipinski definition) is 4. The maximum atomic E-state index is 14.4. The first-order valence-electron chi connectivity index (χ1n) is 19.6. The van der Waals surface area contributed by atoms with Crippen molar-refractivity contribution in [2.45, 2.75) is 71.1 Å². The molecule has 4 N–H and O–H groups in total. The molecular weight excluding hydrogens is 1010 g/mol. The number of oxazole rings is 1. The zero-order chi connectivity index (χ0) is 47.8. The molecule has 1 aromatic heterocycles. The summed E-state index contributed by atoms with van der Waals surface area (Å²) in [5, 5.41) is 0.602. The largest absolute Gasteiger partial charge is 0.436 e. The Morgan fingerprint density at radius 3 is 1.56 bits per heavy atom. The lowest BCUT2D eigenvalue weighted by Crippen LogP contribution is -2.47. The summed E-state index contributed by atoms with van der Waals surface area (Å²) >= 11 is 8.81. The Balaban J connectivity index is 0.000000346. The maximum Gasteiger partial charge on any atom is 0.402 e. The molecule has 6 aromatic rings. The van der Waals surface area contributed by atoms with Gasteiger partial charge in [-0.3, -0.25) is 0 Å². The molecule has 5 aromatic carbocycles. The standard InChI is InChI=1S/C24H22F3NO.C16H16F3N.C7H9N.3CH3Br/c1-15-9-10-18(13-16(15)2)23(3,24(25,26)27)19-11-12-20-21(14-19)29-22(28-20)17-7-5-4-6-8-17;1-11-8-9-13(10-14(11)20)15(2,16(17,18)19)12-6-4-3-5-7-12;1-6-4-2-3-5-7(6)8;3*1-2/h4-10,12-14,19H,11H2,1-3H3;3-10H,20H2,1-2H3;2-5H,8H2,1H3;3*1H3. The summed E-state index contributed by atoms with van der Waals surface area (Å²) < 4.78 is 90.0. The Labute approximate surface area is 393 Å². The predicted molar refractivity (Wildman–Crippen MR) is 262 cm³/mol. The molecule has 1 heterocycles. The fraction of sp³-hybridized carbons (Fsp3) is 0.300. The van der Waals surface area contributed by atoms with Gasteiger partial charge in [0.1, 0.15) is 10.8 Å². The van der Waals surface area contributed by atoms with Crippen LogP contribution in [0.2, 0.25) is 0 Å². The SMILES string of the molecule is CBr.CBr.CBr.Cc1ccc(C(C)(C2C=c3oc(-c4ccccc4)nc3=CC2)C(F)(F)F)cc1C.Cc1ccc(C(C)(c2ccccc2)C(F)(F)F)cc1N.Cc1ccccc1N. The summed E-state index contributed by atoms with van der Waals surface area (Å²) in [6.07, 6.45) is -5.23. The molecule has 7 rings (SSSR count). The van der Waals surface area contributed by atoms with Crippen LogP contribution in [0.5, 0.6) is 0 Å². The van der Waals surface area contributed by atoms with Crippen LogP contribution in [0.1, 0.15) is 59.2 Å². The molecule has 1 aliphatic rings. The van der Waals surface area contributed by atoms with Gasteiger partial charge in [-0.15, -0.1) is 0 Å². The Hall–Kier alpha value is -4.33. The average Bonchev–Trinajstić information content (AvgIpc) is 3.72. The second-order valence-corrected chi connectivity index (χ2v) is 14.8. The van der Waals surface area contributed by atoms with Crippen LogP contribution < -0.4 is 22.2 Å². The number of halogens is 9. The summed E-state index contributed by atoms with van der Waals surface area (Å²) in [5.41, 5.74) is 14.0. The lowest BCUT2D eigenvalue weighted by Gasteiger charge is -2.38. The van der Waals surface area contributed by atoms with E-state index >= 15 is 0 Å². The number of alkyl halides is 9. The van der Waals surface area contributed by atoms with Gasteiger partial charge in [-0.2, -0.15) is 26.3 Å². The summed E-state index contributed by atoms with van der Waals surface area (Å²) in [6.45, 7) is 9.98. The number of para-hydroxylation sites is 1. The van der Waals surface area contributed by atoms with Crippen molar-refractivity contribution >= 4 is 71.3 Å². The number of aryl methyl sites for hydroxylation is 4. The Kier molecular flexibility index (Phi) is 21.4. The first-order valence-corrected chi connectivity index (χ1v) is 24.3. The quantitative estimate of drug-likeness (QED) is 0.102. The van der Waals surface area contributed by atoms with Gasteiger partial charge in [-0.05, 0) is 135 Å². The summed E-state index contributed by atoms with van der Waals surface area (Å²) in [7, 11) is 0. The average molecular weight is 1070 g/mol. The van der Waals surface area contributed by atoms with E-state index in [1.165, 1.54) is 38.1 Å². The monoisotopic (exact) mass is 1070 g/mol. The molecule has 0 aliphatic heterocycles. The van der Waals surface area contributed by atoms with Crippen molar-refractivity contribution in [2.24, 2.45) is 5.92 Å². The number of fused-ring (bicyclic) bond motifs is 1. The number of nitrogens with zero attached hydrogens (tertiary/aromatic N) is 1. The van der Waals surface area contributed by atoms with Crippen molar-refractivity contribution in [3.8, 4) is 11.5 Å². The molecule has 0 radical (unpaired) electrons. The highest BCUT2D eigenvalue weighted by molar-refractivity contribution is 9.09.